The Labute approximate surface area is 146 Å². The predicted octanol–water partition coefficient (Wildman–Crippen LogP) is 1.71. The van der Waals surface area contributed by atoms with Gasteiger partial charge in [0.25, 0.3) is 10.0 Å². The highest BCUT2D eigenvalue weighted by atomic mass is 32.2. The van der Waals surface area contributed by atoms with Crippen molar-refractivity contribution in [2.24, 2.45) is 0 Å². The highest BCUT2D eigenvalue weighted by Crippen LogP contribution is 2.21. The smallest absolute Gasteiger partial charge is 0.420 e. The molecule has 136 valence electrons. The summed E-state index contributed by atoms with van der Waals surface area (Å²) in [6, 6.07) is 8.56. The fourth-order valence-electron chi connectivity index (χ4n) is 2.29. The first-order valence-corrected chi connectivity index (χ1v) is 8.77. The van der Waals surface area contributed by atoms with E-state index in [0.717, 1.165) is 22.8 Å². The number of anilines is 1. The molecule has 0 spiro atoms. The zero-order valence-corrected chi connectivity index (χ0v) is 14.2. The number of methoxy groups -OCH3 is 1. The molecule has 0 radical (unpaired) electrons. The van der Waals surface area contributed by atoms with Crippen LogP contribution >= 0.6 is 0 Å². The topological polar surface area (TPSA) is 108 Å². The summed E-state index contributed by atoms with van der Waals surface area (Å²) >= 11 is 0. The normalized spacial score (nSPS) is 11.5. The van der Waals surface area contributed by atoms with Gasteiger partial charge < -0.3 is 9.15 Å². The van der Waals surface area contributed by atoms with Crippen molar-refractivity contribution in [3.63, 3.8) is 0 Å². The van der Waals surface area contributed by atoms with E-state index in [1.165, 1.54) is 31.4 Å². The zero-order chi connectivity index (χ0) is 18.9. The van der Waals surface area contributed by atoms with Gasteiger partial charge in [0.15, 0.2) is 5.58 Å². The second-order valence-electron chi connectivity index (χ2n) is 5.27. The van der Waals surface area contributed by atoms with Crippen LogP contribution in [0, 0.1) is 5.82 Å². The number of hydrogen-bond donors (Lipinski definition) is 1. The Hall–Kier alpha value is -3.14. The quantitative estimate of drug-likeness (QED) is 0.675. The number of nitrogens with zero attached hydrogens (tertiary/aromatic N) is 1. The lowest BCUT2D eigenvalue weighted by Crippen LogP contribution is -2.20. The lowest BCUT2D eigenvalue weighted by Gasteiger charge is -2.08. The van der Waals surface area contributed by atoms with E-state index in [-0.39, 0.29) is 28.2 Å². The second kappa shape index (κ2) is 6.64. The lowest BCUT2D eigenvalue weighted by atomic mass is 10.3. The number of fused-ring (bicyclic) bond motifs is 1. The molecular formula is C16H13FN2O6S. The number of nitrogens with one attached hydrogen (secondary N) is 1. The van der Waals surface area contributed by atoms with Crippen LogP contribution in [-0.4, -0.2) is 26.1 Å². The number of rotatable bonds is 5. The number of hydrogen-bond acceptors (Lipinski definition) is 6. The molecule has 0 unspecified atom stereocenters. The Balaban J connectivity index is 1.97. The number of carbonyl (C=O) groups excluding carboxylic acids is 1. The third-order valence-corrected chi connectivity index (χ3v) is 4.94. The molecule has 1 aromatic heterocycles. The van der Waals surface area contributed by atoms with E-state index in [4.69, 9.17) is 4.42 Å². The highest BCUT2D eigenvalue weighted by molar-refractivity contribution is 7.92. The molecule has 0 saturated carbocycles. The molecule has 26 heavy (non-hydrogen) atoms. The van der Waals surface area contributed by atoms with Crippen molar-refractivity contribution in [3.05, 3.63) is 58.8 Å². The van der Waals surface area contributed by atoms with Crippen molar-refractivity contribution in [2.75, 3.05) is 11.8 Å². The molecule has 0 bridgehead atoms. The predicted molar refractivity (Wildman–Crippen MR) is 89.7 cm³/mol. The van der Waals surface area contributed by atoms with E-state index in [9.17, 15) is 22.4 Å². The molecule has 10 heteroatoms. The minimum atomic E-state index is -3.98. The summed E-state index contributed by atoms with van der Waals surface area (Å²) < 4.78 is 50.6. The van der Waals surface area contributed by atoms with Crippen LogP contribution in [0.2, 0.25) is 0 Å². The van der Waals surface area contributed by atoms with Crippen molar-refractivity contribution in [1.82, 2.24) is 4.57 Å². The van der Waals surface area contributed by atoms with E-state index in [2.05, 4.69) is 9.46 Å². The monoisotopic (exact) mass is 380 g/mol. The summed E-state index contributed by atoms with van der Waals surface area (Å²) in [4.78, 5) is 23.1. The number of ether oxygens (including phenoxy) is 1. The van der Waals surface area contributed by atoms with Crippen LogP contribution in [0.1, 0.15) is 0 Å². The van der Waals surface area contributed by atoms with Crippen LogP contribution in [0.3, 0.4) is 0 Å². The molecule has 1 N–H and O–H groups in total. The Kier molecular flexibility index (Phi) is 4.51. The zero-order valence-electron chi connectivity index (χ0n) is 13.4. The van der Waals surface area contributed by atoms with Gasteiger partial charge in [0.2, 0.25) is 0 Å². The second-order valence-corrected chi connectivity index (χ2v) is 6.95. The molecule has 0 aliphatic carbocycles. The van der Waals surface area contributed by atoms with Crippen LogP contribution in [0.25, 0.3) is 11.1 Å². The number of esters is 1. The molecule has 3 rings (SSSR count). The summed E-state index contributed by atoms with van der Waals surface area (Å²) in [5, 5.41) is 0. The van der Waals surface area contributed by atoms with E-state index in [1.807, 2.05) is 0 Å². The first-order valence-electron chi connectivity index (χ1n) is 7.29. The van der Waals surface area contributed by atoms with Gasteiger partial charge in [-0.05, 0) is 36.4 Å². The summed E-state index contributed by atoms with van der Waals surface area (Å²) in [5.41, 5.74) is 0.429. The van der Waals surface area contributed by atoms with E-state index in [0.29, 0.717) is 0 Å². The van der Waals surface area contributed by atoms with E-state index < -0.39 is 27.6 Å². The number of oxazole rings is 1. The molecule has 2 aromatic carbocycles. The van der Waals surface area contributed by atoms with Crippen molar-refractivity contribution in [1.29, 1.82) is 0 Å². The van der Waals surface area contributed by atoms with Gasteiger partial charge in [0.05, 0.1) is 17.5 Å². The maximum atomic E-state index is 12.9. The SMILES string of the molecule is COC(=O)Cn1c(=O)oc2cc(S(=O)(=O)Nc3ccc(F)cc3)ccc21. The van der Waals surface area contributed by atoms with Crippen LogP contribution in [-0.2, 0) is 26.1 Å². The third-order valence-electron chi connectivity index (χ3n) is 3.56. The molecule has 0 aliphatic heterocycles. The van der Waals surface area contributed by atoms with Crippen molar-refractivity contribution < 1.29 is 26.8 Å². The average molecular weight is 380 g/mol. The molecule has 3 aromatic rings. The molecule has 0 aliphatic rings. The summed E-state index contributed by atoms with van der Waals surface area (Å²) in [7, 11) is -2.80. The van der Waals surface area contributed by atoms with Gasteiger partial charge in [-0.1, -0.05) is 0 Å². The van der Waals surface area contributed by atoms with Crippen LogP contribution in [0.5, 0.6) is 0 Å². The molecule has 0 fully saturated rings. The minimum Gasteiger partial charge on any atom is -0.468 e. The maximum Gasteiger partial charge on any atom is 0.420 e. The molecular weight excluding hydrogens is 367 g/mol. The number of benzene rings is 2. The highest BCUT2D eigenvalue weighted by Gasteiger charge is 2.19. The van der Waals surface area contributed by atoms with E-state index in [1.54, 1.807) is 0 Å². The fourth-order valence-corrected chi connectivity index (χ4v) is 3.36. The van der Waals surface area contributed by atoms with Gasteiger partial charge in [-0.2, -0.15) is 0 Å². The first kappa shape index (κ1) is 17.7. The van der Waals surface area contributed by atoms with Gasteiger partial charge in [-0.15, -0.1) is 0 Å². The van der Waals surface area contributed by atoms with Crippen LogP contribution in [0.15, 0.2) is 56.6 Å². The van der Waals surface area contributed by atoms with Crippen molar-refractivity contribution >= 4 is 32.8 Å². The molecule has 0 saturated heterocycles. The fraction of sp³-hybridized carbons (Fsp3) is 0.125. The standard InChI is InChI=1S/C16H13FN2O6S/c1-24-15(20)9-19-13-7-6-12(8-14(13)25-16(19)21)26(22,23)18-11-4-2-10(17)3-5-11/h2-8,18H,9H2,1H3. The first-order chi connectivity index (χ1) is 12.3. The molecule has 0 amide bonds. The van der Waals surface area contributed by atoms with Gasteiger partial charge in [-0.25, -0.2) is 17.6 Å². The Morgan fingerprint density at radius 2 is 1.92 bits per heavy atom. The summed E-state index contributed by atoms with van der Waals surface area (Å²) in [6.45, 7) is -0.359. The van der Waals surface area contributed by atoms with Crippen LogP contribution in [0.4, 0.5) is 10.1 Å². The Bertz CT molecular complexity index is 1130. The number of aromatic nitrogens is 1. The molecule has 8 nitrogen and oxygen atoms in total. The van der Waals surface area contributed by atoms with Crippen molar-refractivity contribution in [2.45, 2.75) is 11.4 Å². The number of sulfonamides is 1. The van der Waals surface area contributed by atoms with Gasteiger partial charge in [0.1, 0.15) is 12.4 Å². The average Bonchev–Trinajstić information content (AvgIpc) is 2.91. The Morgan fingerprint density at radius 1 is 1.23 bits per heavy atom. The van der Waals surface area contributed by atoms with Gasteiger partial charge in [-0.3, -0.25) is 14.1 Å². The largest absolute Gasteiger partial charge is 0.468 e. The Morgan fingerprint density at radius 3 is 2.58 bits per heavy atom. The number of carbonyl (C=O) groups is 1. The molecule has 1 heterocycles. The van der Waals surface area contributed by atoms with E-state index >= 15 is 0 Å². The van der Waals surface area contributed by atoms with Gasteiger partial charge >= 0.3 is 11.7 Å². The van der Waals surface area contributed by atoms with Crippen LogP contribution < -0.4 is 10.5 Å². The van der Waals surface area contributed by atoms with Crippen molar-refractivity contribution in [3.8, 4) is 0 Å². The third kappa shape index (κ3) is 3.45. The maximum absolute atomic E-state index is 12.9. The summed E-state index contributed by atoms with van der Waals surface area (Å²) in [5.74, 6) is -1.96. The summed E-state index contributed by atoms with van der Waals surface area (Å²) in [6.07, 6.45) is 0. The van der Waals surface area contributed by atoms with Gasteiger partial charge in [0, 0.05) is 11.8 Å². The lowest BCUT2D eigenvalue weighted by molar-refractivity contribution is -0.141. The number of halogens is 1. The molecule has 0 atom stereocenters. The minimum absolute atomic E-state index is 0.000819.